The predicted octanol–water partition coefficient (Wildman–Crippen LogP) is -0.858. The van der Waals surface area contributed by atoms with Crippen LogP contribution in [0.25, 0.3) is 6.08 Å². The molecule has 1 heterocycles. The van der Waals surface area contributed by atoms with Crippen molar-refractivity contribution in [3.8, 4) is 11.5 Å². The van der Waals surface area contributed by atoms with Crippen molar-refractivity contribution >= 4 is 12.0 Å². The lowest BCUT2D eigenvalue weighted by Gasteiger charge is -2.23. The minimum Gasteiger partial charge on any atom is -0.545 e. The average Bonchev–Trinajstić information content (AvgIpc) is 2.56. The third-order valence-corrected chi connectivity index (χ3v) is 3.59. The van der Waals surface area contributed by atoms with Crippen LogP contribution in [-0.2, 0) is 9.53 Å². The van der Waals surface area contributed by atoms with E-state index in [-0.39, 0.29) is 0 Å². The SMILES string of the molecule is CCOc1cc(/C=C/C(=O)[O-])ccc1OCC[NH+]1CCOCC1. The molecule has 0 saturated carbocycles. The van der Waals surface area contributed by atoms with Gasteiger partial charge < -0.3 is 29.0 Å². The molecule has 6 nitrogen and oxygen atoms in total. The van der Waals surface area contributed by atoms with Gasteiger partial charge in [-0.1, -0.05) is 12.1 Å². The van der Waals surface area contributed by atoms with E-state index in [2.05, 4.69) is 0 Å². The lowest BCUT2D eigenvalue weighted by atomic mass is 10.2. The molecule has 1 aromatic carbocycles. The maximum Gasteiger partial charge on any atom is 0.161 e. The molecule has 0 unspecified atom stereocenters. The Labute approximate surface area is 136 Å². The summed E-state index contributed by atoms with van der Waals surface area (Å²) in [5.41, 5.74) is 0.726. The molecule has 1 aromatic rings. The van der Waals surface area contributed by atoms with Gasteiger partial charge in [0.25, 0.3) is 0 Å². The number of quaternary nitrogens is 1. The van der Waals surface area contributed by atoms with Crippen LogP contribution in [-0.4, -0.2) is 52.0 Å². The zero-order chi connectivity index (χ0) is 16.5. The first-order chi connectivity index (χ1) is 11.2. The van der Waals surface area contributed by atoms with E-state index in [0.29, 0.717) is 24.7 Å². The highest BCUT2D eigenvalue weighted by Crippen LogP contribution is 2.28. The number of carboxylic acid groups (broad SMARTS) is 1. The molecule has 0 bridgehead atoms. The normalized spacial score (nSPS) is 15.7. The molecule has 1 saturated heterocycles. The molecule has 1 fully saturated rings. The molecular weight excluding hydrogens is 298 g/mol. The Morgan fingerprint density at radius 2 is 2.09 bits per heavy atom. The summed E-state index contributed by atoms with van der Waals surface area (Å²) in [4.78, 5) is 12.0. The van der Waals surface area contributed by atoms with E-state index >= 15 is 0 Å². The first-order valence-electron chi connectivity index (χ1n) is 7.89. The molecule has 23 heavy (non-hydrogen) atoms. The highest BCUT2D eigenvalue weighted by atomic mass is 16.5. The summed E-state index contributed by atoms with van der Waals surface area (Å²) in [5.74, 6) is 0.0619. The molecule has 2 rings (SSSR count). The van der Waals surface area contributed by atoms with Gasteiger partial charge in [-0.15, -0.1) is 0 Å². The van der Waals surface area contributed by atoms with E-state index in [4.69, 9.17) is 14.2 Å². The van der Waals surface area contributed by atoms with Gasteiger partial charge in [-0.2, -0.15) is 0 Å². The summed E-state index contributed by atoms with van der Waals surface area (Å²) in [6.45, 7) is 7.55. The van der Waals surface area contributed by atoms with Gasteiger partial charge in [0.05, 0.1) is 25.8 Å². The zero-order valence-corrected chi connectivity index (χ0v) is 13.4. The Kier molecular flexibility index (Phi) is 6.90. The fourth-order valence-corrected chi connectivity index (χ4v) is 2.40. The molecule has 0 aromatic heterocycles. The quantitative estimate of drug-likeness (QED) is 0.631. The second-order valence-electron chi connectivity index (χ2n) is 5.25. The molecule has 0 spiro atoms. The van der Waals surface area contributed by atoms with Crippen LogP contribution in [0.15, 0.2) is 24.3 Å². The van der Waals surface area contributed by atoms with Crippen LogP contribution >= 0.6 is 0 Å². The topological polar surface area (TPSA) is 72.3 Å². The van der Waals surface area contributed by atoms with Crippen LogP contribution < -0.4 is 19.5 Å². The molecule has 0 radical (unpaired) electrons. The molecule has 0 amide bonds. The first kappa shape index (κ1) is 17.3. The van der Waals surface area contributed by atoms with E-state index in [1.54, 1.807) is 18.2 Å². The number of rotatable bonds is 8. The molecule has 1 N–H and O–H groups in total. The molecule has 1 aliphatic rings. The van der Waals surface area contributed by atoms with Gasteiger partial charge in [0.2, 0.25) is 0 Å². The van der Waals surface area contributed by atoms with Gasteiger partial charge in [-0.25, -0.2) is 0 Å². The predicted molar refractivity (Wildman–Crippen MR) is 83.5 cm³/mol. The Hall–Kier alpha value is -2.05. The van der Waals surface area contributed by atoms with E-state index < -0.39 is 5.97 Å². The van der Waals surface area contributed by atoms with E-state index in [0.717, 1.165) is 44.5 Å². The van der Waals surface area contributed by atoms with Crippen molar-refractivity contribution in [1.29, 1.82) is 0 Å². The van der Waals surface area contributed by atoms with Crippen LogP contribution in [0.4, 0.5) is 0 Å². The Morgan fingerprint density at radius 3 is 2.78 bits per heavy atom. The fourth-order valence-electron chi connectivity index (χ4n) is 2.40. The standard InChI is InChI=1S/C17H23NO5/c1-2-22-16-13-14(4-6-17(19)20)3-5-15(16)23-12-9-18-7-10-21-11-8-18/h3-6,13H,2,7-12H2,1H3,(H,19,20)/b6-4+. The van der Waals surface area contributed by atoms with Gasteiger partial charge in [0.15, 0.2) is 11.5 Å². The van der Waals surface area contributed by atoms with Crippen LogP contribution in [0.3, 0.4) is 0 Å². The van der Waals surface area contributed by atoms with Gasteiger partial charge in [0.1, 0.15) is 26.2 Å². The molecule has 1 aliphatic heterocycles. The van der Waals surface area contributed by atoms with Crippen molar-refractivity contribution < 1.29 is 29.0 Å². The molecule has 0 aliphatic carbocycles. The largest absolute Gasteiger partial charge is 0.545 e. The number of benzene rings is 1. The third-order valence-electron chi connectivity index (χ3n) is 3.59. The highest BCUT2D eigenvalue weighted by Gasteiger charge is 2.14. The van der Waals surface area contributed by atoms with Crippen molar-refractivity contribution in [2.45, 2.75) is 6.92 Å². The van der Waals surface area contributed by atoms with E-state index in [1.165, 1.54) is 11.0 Å². The summed E-state index contributed by atoms with van der Waals surface area (Å²) in [7, 11) is 0. The van der Waals surface area contributed by atoms with Crippen molar-refractivity contribution in [2.24, 2.45) is 0 Å². The summed E-state index contributed by atoms with van der Waals surface area (Å²) < 4.78 is 16.7. The maximum atomic E-state index is 10.5. The zero-order valence-electron chi connectivity index (χ0n) is 13.4. The number of carbonyl (C=O) groups excluding carboxylic acids is 1. The van der Waals surface area contributed by atoms with Gasteiger partial charge in [-0.05, 0) is 30.7 Å². The average molecular weight is 321 g/mol. The molecular formula is C17H23NO5. The Morgan fingerprint density at radius 1 is 1.30 bits per heavy atom. The van der Waals surface area contributed by atoms with E-state index in [1.807, 2.05) is 6.92 Å². The second kappa shape index (κ2) is 9.17. The maximum absolute atomic E-state index is 10.5. The number of nitrogens with one attached hydrogen (secondary N) is 1. The van der Waals surface area contributed by atoms with Gasteiger partial charge in [-0.3, -0.25) is 0 Å². The number of ether oxygens (including phenoxy) is 3. The fraction of sp³-hybridized carbons (Fsp3) is 0.471. The lowest BCUT2D eigenvalue weighted by molar-refractivity contribution is -0.908. The van der Waals surface area contributed by atoms with Crippen LogP contribution in [0.5, 0.6) is 11.5 Å². The Bertz CT molecular complexity index is 538. The molecule has 0 atom stereocenters. The van der Waals surface area contributed by atoms with Crippen molar-refractivity contribution in [3.05, 3.63) is 29.8 Å². The summed E-state index contributed by atoms with van der Waals surface area (Å²) in [6.07, 6.45) is 2.47. The summed E-state index contributed by atoms with van der Waals surface area (Å²) in [5, 5.41) is 10.5. The van der Waals surface area contributed by atoms with Crippen LogP contribution in [0.2, 0.25) is 0 Å². The van der Waals surface area contributed by atoms with Gasteiger partial charge in [0, 0.05) is 0 Å². The summed E-state index contributed by atoms with van der Waals surface area (Å²) in [6, 6.07) is 5.35. The number of morpholine rings is 1. The Balaban J connectivity index is 1.94. The number of hydrogen-bond donors (Lipinski definition) is 1. The van der Waals surface area contributed by atoms with E-state index in [9.17, 15) is 9.90 Å². The van der Waals surface area contributed by atoms with Crippen LogP contribution in [0, 0.1) is 0 Å². The van der Waals surface area contributed by atoms with Crippen LogP contribution in [0.1, 0.15) is 12.5 Å². The number of aliphatic carboxylic acids is 1. The minimum absolute atomic E-state index is 0.513. The third kappa shape index (κ3) is 5.92. The number of carboxylic acids is 1. The van der Waals surface area contributed by atoms with Crippen molar-refractivity contribution in [1.82, 2.24) is 0 Å². The van der Waals surface area contributed by atoms with Crippen molar-refractivity contribution in [3.63, 3.8) is 0 Å². The minimum atomic E-state index is -1.23. The smallest absolute Gasteiger partial charge is 0.161 e. The highest BCUT2D eigenvalue weighted by molar-refractivity contribution is 5.83. The monoisotopic (exact) mass is 321 g/mol. The molecule has 6 heteroatoms. The number of carbonyl (C=O) groups is 1. The first-order valence-corrected chi connectivity index (χ1v) is 7.89. The summed E-state index contributed by atoms with van der Waals surface area (Å²) >= 11 is 0. The van der Waals surface area contributed by atoms with Gasteiger partial charge >= 0.3 is 0 Å². The van der Waals surface area contributed by atoms with Crippen molar-refractivity contribution in [2.75, 3.05) is 46.1 Å². The number of hydrogen-bond acceptors (Lipinski definition) is 5. The molecule has 126 valence electrons. The lowest BCUT2D eigenvalue weighted by Crippen LogP contribution is -3.14. The second-order valence-corrected chi connectivity index (χ2v) is 5.25.